The van der Waals surface area contributed by atoms with Gasteiger partial charge in [0.2, 0.25) is 11.8 Å². The summed E-state index contributed by atoms with van der Waals surface area (Å²) < 4.78 is 0. The van der Waals surface area contributed by atoms with Crippen LogP contribution in [0.15, 0.2) is 24.3 Å². The summed E-state index contributed by atoms with van der Waals surface area (Å²) in [6.07, 6.45) is 2.81. The fourth-order valence-electron chi connectivity index (χ4n) is 2.52. The number of rotatable bonds is 4. The Balaban J connectivity index is 1.89. The predicted octanol–water partition coefficient (Wildman–Crippen LogP) is 1.50. The van der Waals surface area contributed by atoms with Crippen molar-refractivity contribution in [2.45, 2.75) is 32.2 Å². The van der Waals surface area contributed by atoms with Crippen LogP contribution in [-0.2, 0) is 4.79 Å². The van der Waals surface area contributed by atoms with Crippen molar-refractivity contribution in [2.75, 3.05) is 11.9 Å². The van der Waals surface area contributed by atoms with Crippen molar-refractivity contribution in [1.29, 1.82) is 0 Å². The maximum Gasteiger partial charge on any atom is 0.248 e. The summed E-state index contributed by atoms with van der Waals surface area (Å²) in [4.78, 5) is 23.0. The van der Waals surface area contributed by atoms with Crippen molar-refractivity contribution in [2.24, 2.45) is 11.7 Å². The largest absolute Gasteiger partial charge is 0.366 e. The zero-order chi connectivity index (χ0) is 14.5. The summed E-state index contributed by atoms with van der Waals surface area (Å²) in [5.41, 5.74) is 6.29. The van der Waals surface area contributed by atoms with Gasteiger partial charge in [0.05, 0.1) is 0 Å². The molecule has 0 spiro atoms. The van der Waals surface area contributed by atoms with E-state index in [1.54, 1.807) is 24.3 Å². The molecule has 20 heavy (non-hydrogen) atoms. The van der Waals surface area contributed by atoms with Gasteiger partial charge in [-0.3, -0.25) is 9.59 Å². The third-order valence-electron chi connectivity index (χ3n) is 3.79. The zero-order valence-corrected chi connectivity index (χ0v) is 11.7. The first-order valence-corrected chi connectivity index (χ1v) is 6.99. The number of piperidine rings is 1. The van der Waals surface area contributed by atoms with Gasteiger partial charge in [0, 0.05) is 23.7 Å². The Morgan fingerprint density at radius 1 is 1.35 bits per heavy atom. The summed E-state index contributed by atoms with van der Waals surface area (Å²) in [7, 11) is 0. The van der Waals surface area contributed by atoms with Crippen LogP contribution in [0.1, 0.15) is 36.5 Å². The highest BCUT2D eigenvalue weighted by atomic mass is 16.2. The lowest BCUT2D eigenvalue weighted by Crippen LogP contribution is -2.42. The molecule has 2 unspecified atom stereocenters. The van der Waals surface area contributed by atoms with Crippen LogP contribution in [0.3, 0.4) is 0 Å². The Hall–Kier alpha value is -1.88. The molecular weight excluding hydrogens is 254 g/mol. The van der Waals surface area contributed by atoms with Gasteiger partial charge in [-0.25, -0.2) is 0 Å². The van der Waals surface area contributed by atoms with Gasteiger partial charge in [0.1, 0.15) is 0 Å². The molecule has 1 saturated heterocycles. The van der Waals surface area contributed by atoms with Gasteiger partial charge < -0.3 is 16.4 Å². The number of carbonyl (C=O) groups is 2. The lowest BCUT2D eigenvalue weighted by molar-refractivity contribution is -0.117. The molecule has 1 aromatic rings. The van der Waals surface area contributed by atoms with Crippen molar-refractivity contribution < 1.29 is 9.59 Å². The van der Waals surface area contributed by atoms with Gasteiger partial charge >= 0.3 is 0 Å². The van der Waals surface area contributed by atoms with Crippen LogP contribution in [0, 0.1) is 5.92 Å². The molecule has 0 aromatic heterocycles. The van der Waals surface area contributed by atoms with Gasteiger partial charge in [0.25, 0.3) is 0 Å². The van der Waals surface area contributed by atoms with Crippen LogP contribution in [0.4, 0.5) is 5.69 Å². The first kappa shape index (κ1) is 14.5. The molecule has 2 rings (SSSR count). The van der Waals surface area contributed by atoms with E-state index in [0.717, 1.165) is 13.0 Å². The van der Waals surface area contributed by atoms with Crippen LogP contribution < -0.4 is 16.4 Å². The summed E-state index contributed by atoms with van der Waals surface area (Å²) >= 11 is 0. The van der Waals surface area contributed by atoms with E-state index in [1.807, 2.05) is 0 Å². The number of benzene rings is 1. The Kier molecular flexibility index (Phi) is 4.74. The number of primary amides is 1. The van der Waals surface area contributed by atoms with E-state index in [2.05, 4.69) is 17.6 Å². The second-order valence-electron chi connectivity index (χ2n) is 5.37. The molecule has 1 aliphatic heterocycles. The molecule has 0 saturated carbocycles. The molecule has 1 aromatic carbocycles. The summed E-state index contributed by atoms with van der Waals surface area (Å²) in [6.45, 7) is 3.15. The number of anilines is 1. The first-order chi connectivity index (χ1) is 9.56. The molecule has 5 nitrogen and oxygen atoms in total. The maximum atomic E-state index is 12.0. The number of carbonyl (C=O) groups excluding carboxylic acids is 2. The molecule has 0 aliphatic carbocycles. The number of nitrogens with two attached hydrogens (primary N) is 1. The minimum atomic E-state index is -0.469. The monoisotopic (exact) mass is 275 g/mol. The Morgan fingerprint density at radius 3 is 2.65 bits per heavy atom. The van der Waals surface area contributed by atoms with Gasteiger partial charge in [-0.1, -0.05) is 6.92 Å². The van der Waals surface area contributed by atoms with Crippen molar-refractivity contribution in [1.82, 2.24) is 5.32 Å². The Labute approximate surface area is 118 Å². The SMILES string of the molecule is CC1CCCNC1CC(=O)Nc1ccc(C(N)=O)cc1. The second kappa shape index (κ2) is 6.52. The molecule has 2 amide bonds. The van der Waals surface area contributed by atoms with Gasteiger partial charge in [-0.15, -0.1) is 0 Å². The number of amides is 2. The van der Waals surface area contributed by atoms with E-state index in [9.17, 15) is 9.59 Å². The van der Waals surface area contributed by atoms with Crippen LogP contribution in [0.5, 0.6) is 0 Å². The summed E-state index contributed by atoms with van der Waals surface area (Å²) in [6, 6.07) is 6.85. The highest BCUT2D eigenvalue weighted by molar-refractivity contribution is 5.94. The van der Waals surface area contributed by atoms with Crippen molar-refractivity contribution in [3.8, 4) is 0 Å². The minimum absolute atomic E-state index is 0.0110. The van der Waals surface area contributed by atoms with Crippen molar-refractivity contribution in [3.05, 3.63) is 29.8 Å². The molecule has 0 bridgehead atoms. The lowest BCUT2D eigenvalue weighted by atomic mass is 9.90. The molecule has 5 heteroatoms. The average molecular weight is 275 g/mol. The quantitative estimate of drug-likeness (QED) is 0.778. The molecule has 1 aliphatic rings. The first-order valence-electron chi connectivity index (χ1n) is 6.99. The number of nitrogens with one attached hydrogen (secondary N) is 2. The van der Waals surface area contributed by atoms with Crippen LogP contribution >= 0.6 is 0 Å². The molecule has 1 heterocycles. The van der Waals surface area contributed by atoms with E-state index in [-0.39, 0.29) is 11.9 Å². The van der Waals surface area contributed by atoms with Gasteiger partial charge in [-0.2, -0.15) is 0 Å². The summed E-state index contributed by atoms with van der Waals surface area (Å²) in [5, 5.41) is 6.23. The molecule has 0 radical (unpaired) electrons. The standard InChI is InChI=1S/C15H21N3O2/c1-10-3-2-8-17-13(10)9-14(19)18-12-6-4-11(5-7-12)15(16)20/h4-7,10,13,17H,2-3,8-9H2,1H3,(H2,16,20)(H,18,19). The van der Waals surface area contributed by atoms with Crippen LogP contribution in [0.25, 0.3) is 0 Å². The van der Waals surface area contributed by atoms with Gasteiger partial charge in [-0.05, 0) is 49.6 Å². The minimum Gasteiger partial charge on any atom is -0.366 e. The topological polar surface area (TPSA) is 84.2 Å². The normalized spacial score (nSPS) is 22.2. The Bertz CT molecular complexity index is 484. The smallest absolute Gasteiger partial charge is 0.248 e. The predicted molar refractivity (Wildman–Crippen MR) is 78.4 cm³/mol. The van der Waals surface area contributed by atoms with E-state index >= 15 is 0 Å². The summed E-state index contributed by atoms with van der Waals surface area (Å²) in [5.74, 6) is 0.0397. The number of hydrogen-bond acceptors (Lipinski definition) is 3. The molecule has 1 fully saturated rings. The van der Waals surface area contributed by atoms with E-state index in [0.29, 0.717) is 23.6 Å². The fourth-order valence-corrected chi connectivity index (χ4v) is 2.52. The third kappa shape index (κ3) is 3.81. The van der Waals surface area contributed by atoms with Crippen LogP contribution in [0.2, 0.25) is 0 Å². The van der Waals surface area contributed by atoms with Gasteiger partial charge in [0.15, 0.2) is 0 Å². The van der Waals surface area contributed by atoms with Crippen molar-refractivity contribution >= 4 is 17.5 Å². The third-order valence-corrected chi connectivity index (χ3v) is 3.79. The highest BCUT2D eigenvalue weighted by Gasteiger charge is 2.23. The molecule has 108 valence electrons. The average Bonchev–Trinajstić information content (AvgIpc) is 2.42. The zero-order valence-electron chi connectivity index (χ0n) is 11.7. The van der Waals surface area contributed by atoms with E-state index in [1.165, 1.54) is 6.42 Å². The van der Waals surface area contributed by atoms with E-state index in [4.69, 9.17) is 5.73 Å². The molecule has 4 N–H and O–H groups in total. The maximum absolute atomic E-state index is 12.0. The molecular formula is C15H21N3O2. The second-order valence-corrected chi connectivity index (χ2v) is 5.37. The van der Waals surface area contributed by atoms with Crippen molar-refractivity contribution in [3.63, 3.8) is 0 Å². The number of hydrogen-bond donors (Lipinski definition) is 3. The van der Waals surface area contributed by atoms with E-state index < -0.39 is 5.91 Å². The highest BCUT2D eigenvalue weighted by Crippen LogP contribution is 2.18. The van der Waals surface area contributed by atoms with Crippen LogP contribution in [-0.4, -0.2) is 24.4 Å². The fraction of sp³-hybridized carbons (Fsp3) is 0.467. The molecule has 2 atom stereocenters. The lowest BCUT2D eigenvalue weighted by Gasteiger charge is -2.29. The Morgan fingerprint density at radius 2 is 2.05 bits per heavy atom.